The molecule has 32 heavy (non-hydrogen) atoms. The SMILES string of the molecule is CCCCCCCCCCCCCCC/C=C/CC(=O)NCCCC[C@@H](C(=O)O)N(C)C. The van der Waals surface area contributed by atoms with Crippen LogP contribution in [0.3, 0.4) is 0 Å². The van der Waals surface area contributed by atoms with E-state index >= 15 is 0 Å². The van der Waals surface area contributed by atoms with Gasteiger partial charge in [0, 0.05) is 13.0 Å². The number of amides is 1. The summed E-state index contributed by atoms with van der Waals surface area (Å²) in [4.78, 5) is 24.7. The zero-order chi connectivity index (χ0) is 23.9. The van der Waals surface area contributed by atoms with Crippen LogP contribution < -0.4 is 5.32 Å². The van der Waals surface area contributed by atoms with Crippen LogP contribution in [0.2, 0.25) is 0 Å². The molecule has 0 radical (unpaired) electrons. The van der Waals surface area contributed by atoms with Crippen LogP contribution in [0.5, 0.6) is 0 Å². The molecule has 2 N–H and O–H groups in total. The minimum Gasteiger partial charge on any atom is -0.480 e. The average Bonchev–Trinajstić information content (AvgIpc) is 2.75. The summed E-state index contributed by atoms with van der Waals surface area (Å²) in [6.45, 7) is 2.89. The first kappa shape index (κ1) is 30.6. The Morgan fingerprint density at radius 3 is 1.81 bits per heavy atom. The quantitative estimate of drug-likeness (QED) is 0.133. The number of carbonyl (C=O) groups excluding carboxylic acids is 1. The van der Waals surface area contributed by atoms with Gasteiger partial charge in [0.15, 0.2) is 0 Å². The van der Waals surface area contributed by atoms with Gasteiger partial charge in [0.25, 0.3) is 0 Å². The molecule has 0 aromatic carbocycles. The lowest BCUT2D eigenvalue weighted by Crippen LogP contribution is -2.35. The molecule has 0 saturated carbocycles. The predicted molar refractivity (Wildman–Crippen MR) is 136 cm³/mol. The van der Waals surface area contributed by atoms with E-state index < -0.39 is 12.0 Å². The minimum absolute atomic E-state index is 0.0500. The molecular weight excluding hydrogens is 400 g/mol. The largest absolute Gasteiger partial charge is 0.480 e. The van der Waals surface area contributed by atoms with Crippen LogP contribution in [-0.2, 0) is 9.59 Å². The Bertz CT molecular complexity index is 478. The van der Waals surface area contributed by atoms with Gasteiger partial charge in [0.2, 0.25) is 5.91 Å². The second-order valence-corrected chi connectivity index (χ2v) is 9.37. The molecule has 1 amide bonds. The minimum atomic E-state index is -0.785. The van der Waals surface area contributed by atoms with Crippen molar-refractivity contribution in [2.75, 3.05) is 20.6 Å². The summed E-state index contributed by atoms with van der Waals surface area (Å²) in [6, 6.07) is -0.446. The average molecular weight is 453 g/mol. The fraction of sp³-hybridized carbons (Fsp3) is 0.852. The first-order chi connectivity index (χ1) is 15.5. The highest BCUT2D eigenvalue weighted by Crippen LogP contribution is 2.13. The summed E-state index contributed by atoms with van der Waals surface area (Å²) < 4.78 is 0. The lowest BCUT2D eigenvalue weighted by atomic mass is 10.0. The van der Waals surface area contributed by atoms with E-state index in [1.807, 2.05) is 6.08 Å². The number of hydrogen-bond donors (Lipinski definition) is 2. The van der Waals surface area contributed by atoms with Gasteiger partial charge < -0.3 is 10.4 Å². The van der Waals surface area contributed by atoms with E-state index in [2.05, 4.69) is 18.3 Å². The number of aliphatic carboxylic acids is 1. The summed E-state index contributed by atoms with van der Waals surface area (Å²) in [5.41, 5.74) is 0. The molecule has 0 spiro atoms. The summed E-state index contributed by atoms with van der Waals surface area (Å²) in [7, 11) is 3.57. The normalized spacial score (nSPS) is 12.5. The van der Waals surface area contributed by atoms with E-state index in [-0.39, 0.29) is 5.91 Å². The number of rotatable bonds is 23. The van der Waals surface area contributed by atoms with Crippen LogP contribution in [0.4, 0.5) is 0 Å². The maximum Gasteiger partial charge on any atom is 0.320 e. The van der Waals surface area contributed by atoms with Gasteiger partial charge in [-0.05, 0) is 46.2 Å². The highest BCUT2D eigenvalue weighted by molar-refractivity contribution is 5.77. The van der Waals surface area contributed by atoms with E-state index in [1.165, 1.54) is 83.5 Å². The van der Waals surface area contributed by atoms with Crippen molar-refractivity contribution in [3.8, 4) is 0 Å². The number of allylic oxidation sites excluding steroid dienone is 1. The maximum atomic E-state index is 11.8. The molecular formula is C27H52N2O3. The third-order valence-corrected chi connectivity index (χ3v) is 6.08. The van der Waals surface area contributed by atoms with Crippen LogP contribution in [0.1, 0.15) is 122 Å². The summed E-state index contributed by atoms with van der Waals surface area (Å²) in [6.07, 6.45) is 25.7. The number of unbranched alkanes of at least 4 members (excludes halogenated alkanes) is 14. The van der Waals surface area contributed by atoms with E-state index in [0.29, 0.717) is 19.4 Å². The number of nitrogens with zero attached hydrogens (tertiary/aromatic N) is 1. The van der Waals surface area contributed by atoms with Gasteiger partial charge in [-0.3, -0.25) is 14.5 Å². The Kier molecular flexibility index (Phi) is 21.9. The highest BCUT2D eigenvalue weighted by Gasteiger charge is 2.18. The molecule has 0 aliphatic heterocycles. The topological polar surface area (TPSA) is 69.6 Å². The maximum absolute atomic E-state index is 11.8. The van der Waals surface area contributed by atoms with Crippen LogP contribution >= 0.6 is 0 Å². The molecule has 188 valence electrons. The third-order valence-electron chi connectivity index (χ3n) is 6.08. The monoisotopic (exact) mass is 452 g/mol. The molecule has 0 heterocycles. The number of nitrogens with one attached hydrogen (secondary N) is 1. The fourth-order valence-corrected chi connectivity index (χ4v) is 3.95. The standard InChI is InChI=1S/C27H52N2O3/c1-4-5-6-7-8-9-10-11-12-13-14-15-16-17-18-19-23-26(30)28-24-21-20-22-25(27(31)32)29(2)3/h18-19,25H,4-17,20-24H2,1-3H3,(H,28,30)(H,31,32)/b19-18+/t25-/m0/s1. The van der Waals surface area contributed by atoms with Gasteiger partial charge in [-0.25, -0.2) is 0 Å². The molecule has 0 aromatic rings. The van der Waals surface area contributed by atoms with Crippen molar-refractivity contribution in [3.05, 3.63) is 12.2 Å². The first-order valence-corrected chi connectivity index (χ1v) is 13.3. The predicted octanol–water partition coefficient (Wildman–Crippen LogP) is 6.72. The molecule has 0 bridgehead atoms. The number of carboxylic acids is 1. The number of likely N-dealkylation sites (N-methyl/N-ethyl adjacent to an activating group) is 1. The van der Waals surface area contributed by atoms with Crippen molar-refractivity contribution in [2.24, 2.45) is 0 Å². The van der Waals surface area contributed by atoms with Gasteiger partial charge >= 0.3 is 5.97 Å². The van der Waals surface area contributed by atoms with Crippen LogP contribution in [0.15, 0.2) is 12.2 Å². The molecule has 0 rings (SSSR count). The van der Waals surface area contributed by atoms with Crippen molar-refractivity contribution < 1.29 is 14.7 Å². The van der Waals surface area contributed by atoms with Gasteiger partial charge in [-0.1, -0.05) is 96.1 Å². The summed E-state index contributed by atoms with van der Waals surface area (Å²) in [5, 5.41) is 12.1. The van der Waals surface area contributed by atoms with E-state index in [1.54, 1.807) is 19.0 Å². The molecule has 0 fully saturated rings. The van der Waals surface area contributed by atoms with Crippen LogP contribution in [0.25, 0.3) is 0 Å². The van der Waals surface area contributed by atoms with Crippen LogP contribution in [0, 0.1) is 0 Å². The molecule has 5 heteroatoms. The van der Waals surface area contributed by atoms with E-state index in [0.717, 1.165) is 19.3 Å². The zero-order valence-corrected chi connectivity index (χ0v) is 21.4. The molecule has 0 unspecified atom stereocenters. The van der Waals surface area contributed by atoms with Crippen molar-refractivity contribution in [1.29, 1.82) is 0 Å². The number of hydrogen-bond acceptors (Lipinski definition) is 3. The lowest BCUT2D eigenvalue weighted by Gasteiger charge is -2.19. The van der Waals surface area contributed by atoms with E-state index in [4.69, 9.17) is 5.11 Å². The second-order valence-electron chi connectivity index (χ2n) is 9.37. The molecule has 0 saturated heterocycles. The van der Waals surface area contributed by atoms with Gasteiger partial charge in [0.1, 0.15) is 6.04 Å². The Morgan fingerprint density at radius 1 is 0.781 bits per heavy atom. The Morgan fingerprint density at radius 2 is 1.31 bits per heavy atom. The first-order valence-electron chi connectivity index (χ1n) is 13.3. The molecule has 0 aromatic heterocycles. The zero-order valence-electron chi connectivity index (χ0n) is 21.4. The van der Waals surface area contributed by atoms with Gasteiger partial charge in [-0.15, -0.1) is 0 Å². The summed E-state index contributed by atoms with van der Waals surface area (Å²) in [5.74, 6) is -0.735. The molecule has 5 nitrogen and oxygen atoms in total. The van der Waals surface area contributed by atoms with Crippen molar-refractivity contribution in [3.63, 3.8) is 0 Å². The van der Waals surface area contributed by atoms with Gasteiger partial charge in [0.05, 0.1) is 0 Å². The van der Waals surface area contributed by atoms with Crippen molar-refractivity contribution in [2.45, 2.75) is 129 Å². The Labute approximate surface area is 198 Å². The molecule has 0 aliphatic rings. The molecule has 0 aliphatic carbocycles. The fourth-order valence-electron chi connectivity index (χ4n) is 3.95. The smallest absolute Gasteiger partial charge is 0.320 e. The van der Waals surface area contributed by atoms with Crippen molar-refractivity contribution >= 4 is 11.9 Å². The second kappa shape index (κ2) is 22.8. The lowest BCUT2D eigenvalue weighted by molar-refractivity contribution is -0.142. The summed E-state index contributed by atoms with van der Waals surface area (Å²) >= 11 is 0. The Hall–Kier alpha value is -1.36. The van der Waals surface area contributed by atoms with Gasteiger partial charge in [-0.2, -0.15) is 0 Å². The Balaban J connectivity index is 3.40. The highest BCUT2D eigenvalue weighted by atomic mass is 16.4. The molecule has 1 atom stereocenters. The number of carbonyl (C=O) groups is 2. The van der Waals surface area contributed by atoms with Crippen LogP contribution in [-0.4, -0.2) is 48.6 Å². The third kappa shape index (κ3) is 20.5. The van der Waals surface area contributed by atoms with Crippen molar-refractivity contribution in [1.82, 2.24) is 10.2 Å². The number of carboxylic acid groups (broad SMARTS) is 1. The van der Waals surface area contributed by atoms with E-state index in [9.17, 15) is 9.59 Å².